The first kappa shape index (κ1) is 25.6. The van der Waals surface area contributed by atoms with Gasteiger partial charge < -0.3 is 20.9 Å². The number of benzene rings is 1. The number of fused-ring (bicyclic) bond motifs is 1. The van der Waals surface area contributed by atoms with Gasteiger partial charge in [-0.05, 0) is 38.5 Å². The second kappa shape index (κ2) is 13.0. The van der Waals surface area contributed by atoms with Crippen molar-refractivity contribution in [3.63, 3.8) is 0 Å². The molecular formula is C22H34IN9. The quantitative estimate of drug-likeness (QED) is 0.154. The first-order chi connectivity index (χ1) is 15.1. The first-order valence-electron chi connectivity index (χ1n) is 10.8. The van der Waals surface area contributed by atoms with E-state index in [2.05, 4.69) is 85.9 Å². The molecule has 2 aromatic heterocycles. The number of likely N-dealkylation sites (N-methyl/N-ethyl adjacent to an activating group) is 1. The Morgan fingerprint density at radius 1 is 1.16 bits per heavy atom. The van der Waals surface area contributed by atoms with Crippen molar-refractivity contribution in [2.45, 2.75) is 20.8 Å². The maximum absolute atomic E-state index is 4.67. The minimum Gasteiger partial charge on any atom is -0.370 e. The van der Waals surface area contributed by atoms with Gasteiger partial charge in [-0.3, -0.25) is 9.67 Å². The van der Waals surface area contributed by atoms with Gasteiger partial charge in [0.05, 0.1) is 18.1 Å². The molecule has 0 saturated carbocycles. The second-order valence-corrected chi connectivity index (χ2v) is 7.26. The van der Waals surface area contributed by atoms with Crippen LogP contribution in [0.4, 0.5) is 11.5 Å². The summed E-state index contributed by atoms with van der Waals surface area (Å²) in [5.41, 5.74) is 3.34. The zero-order valence-corrected chi connectivity index (χ0v) is 21.6. The fraction of sp³-hybridized carbons (Fsp3) is 0.455. The Morgan fingerprint density at radius 2 is 2.00 bits per heavy atom. The van der Waals surface area contributed by atoms with Crippen molar-refractivity contribution in [3.05, 3.63) is 42.4 Å². The fourth-order valence-electron chi connectivity index (χ4n) is 3.39. The van der Waals surface area contributed by atoms with Crippen molar-refractivity contribution in [2.75, 3.05) is 49.5 Å². The van der Waals surface area contributed by atoms with Gasteiger partial charge in [-0.15, -0.1) is 24.0 Å². The molecular weight excluding hydrogens is 517 g/mol. The molecule has 3 rings (SSSR count). The van der Waals surface area contributed by atoms with Gasteiger partial charge in [0.1, 0.15) is 12.1 Å². The Bertz CT molecular complexity index is 1000. The third-order valence-electron chi connectivity index (χ3n) is 4.97. The number of hydrogen-bond acceptors (Lipinski definition) is 6. The number of guanidine groups is 1. The number of halogens is 1. The van der Waals surface area contributed by atoms with E-state index in [9.17, 15) is 0 Å². The van der Waals surface area contributed by atoms with Crippen LogP contribution in [0.3, 0.4) is 0 Å². The molecule has 0 amide bonds. The van der Waals surface area contributed by atoms with Gasteiger partial charge in [-0.25, -0.2) is 9.97 Å². The van der Waals surface area contributed by atoms with Crippen molar-refractivity contribution >= 4 is 52.5 Å². The SMILES string of the molecule is CCNC(=NCCNc1ncnc2c1cnn2C)NCCN(CC)c1cccc(C)c1.I. The molecule has 0 fully saturated rings. The molecule has 9 nitrogen and oxygen atoms in total. The van der Waals surface area contributed by atoms with E-state index in [1.807, 2.05) is 7.05 Å². The average molecular weight is 551 g/mol. The molecule has 174 valence electrons. The van der Waals surface area contributed by atoms with E-state index >= 15 is 0 Å². The highest BCUT2D eigenvalue weighted by Crippen LogP contribution is 2.17. The highest BCUT2D eigenvalue weighted by molar-refractivity contribution is 14.0. The predicted molar refractivity (Wildman–Crippen MR) is 143 cm³/mol. The molecule has 1 aromatic carbocycles. The van der Waals surface area contributed by atoms with Gasteiger partial charge in [-0.2, -0.15) is 5.10 Å². The maximum atomic E-state index is 4.67. The molecule has 10 heteroatoms. The molecule has 0 atom stereocenters. The fourth-order valence-corrected chi connectivity index (χ4v) is 3.39. The van der Waals surface area contributed by atoms with E-state index < -0.39 is 0 Å². The summed E-state index contributed by atoms with van der Waals surface area (Å²) < 4.78 is 1.74. The van der Waals surface area contributed by atoms with E-state index in [0.717, 1.165) is 49.0 Å². The van der Waals surface area contributed by atoms with Crippen LogP contribution in [0.25, 0.3) is 11.0 Å². The number of aliphatic imine (C=N–C) groups is 1. The summed E-state index contributed by atoms with van der Waals surface area (Å²) in [5.74, 6) is 1.60. The average Bonchev–Trinajstić information content (AvgIpc) is 3.15. The van der Waals surface area contributed by atoms with Crippen molar-refractivity contribution in [1.82, 2.24) is 30.4 Å². The topological polar surface area (TPSA) is 95.3 Å². The summed E-state index contributed by atoms with van der Waals surface area (Å²) in [6.45, 7) is 11.2. The van der Waals surface area contributed by atoms with Crippen LogP contribution in [-0.4, -0.2) is 65.0 Å². The molecule has 32 heavy (non-hydrogen) atoms. The summed E-state index contributed by atoms with van der Waals surface area (Å²) >= 11 is 0. The summed E-state index contributed by atoms with van der Waals surface area (Å²) in [5, 5.41) is 15.2. The Balaban J connectivity index is 0.00000363. The Labute approximate surface area is 207 Å². The number of anilines is 2. The van der Waals surface area contributed by atoms with Crippen LogP contribution < -0.4 is 20.9 Å². The summed E-state index contributed by atoms with van der Waals surface area (Å²) in [4.78, 5) is 15.6. The molecule has 0 bridgehead atoms. The molecule has 2 heterocycles. The largest absolute Gasteiger partial charge is 0.370 e. The molecule has 0 aliphatic heterocycles. The first-order valence-corrected chi connectivity index (χ1v) is 10.8. The van der Waals surface area contributed by atoms with E-state index in [4.69, 9.17) is 0 Å². The highest BCUT2D eigenvalue weighted by atomic mass is 127. The van der Waals surface area contributed by atoms with Crippen molar-refractivity contribution < 1.29 is 0 Å². The summed E-state index contributed by atoms with van der Waals surface area (Å²) in [6.07, 6.45) is 3.33. The standard InChI is InChI=1S/C22H33N9.HI/c1-5-23-22(26-12-13-31(6-2)18-9-7-8-17(3)14-18)25-11-10-24-20-19-15-29-30(4)21(19)28-16-27-20;/h7-9,14-16H,5-6,10-13H2,1-4H3,(H2,23,25,26)(H,24,27,28);1H. The molecule has 0 spiro atoms. The van der Waals surface area contributed by atoms with Gasteiger partial charge in [0.15, 0.2) is 11.6 Å². The normalized spacial score (nSPS) is 11.2. The van der Waals surface area contributed by atoms with Gasteiger partial charge >= 0.3 is 0 Å². The van der Waals surface area contributed by atoms with Crippen molar-refractivity contribution in [1.29, 1.82) is 0 Å². The van der Waals surface area contributed by atoms with Crippen molar-refractivity contribution in [2.24, 2.45) is 12.0 Å². The second-order valence-electron chi connectivity index (χ2n) is 7.26. The third-order valence-corrected chi connectivity index (χ3v) is 4.97. The van der Waals surface area contributed by atoms with Crippen LogP contribution in [0.5, 0.6) is 0 Å². The van der Waals surface area contributed by atoms with Gasteiger partial charge in [0.2, 0.25) is 0 Å². The van der Waals surface area contributed by atoms with Crippen LogP contribution >= 0.6 is 24.0 Å². The van der Waals surface area contributed by atoms with E-state index in [-0.39, 0.29) is 24.0 Å². The van der Waals surface area contributed by atoms with E-state index in [1.165, 1.54) is 11.3 Å². The maximum Gasteiger partial charge on any atom is 0.191 e. The van der Waals surface area contributed by atoms with Gasteiger partial charge in [0, 0.05) is 45.5 Å². The molecule has 0 radical (unpaired) electrons. The highest BCUT2D eigenvalue weighted by Gasteiger charge is 2.07. The van der Waals surface area contributed by atoms with Crippen molar-refractivity contribution in [3.8, 4) is 0 Å². The molecule has 0 aliphatic rings. The number of nitrogens with one attached hydrogen (secondary N) is 3. The zero-order chi connectivity index (χ0) is 22.1. The van der Waals surface area contributed by atoms with Crippen LogP contribution in [0.1, 0.15) is 19.4 Å². The Kier molecular flexibility index (Phi) is 10.4. The number of nitrogens with zero attached hydrogens (tertiary/aromatic N) is 6. The molecule has 3 N–H and O–H groups in total. The van der Waals surface area contributed by atoms with Crippen LogP contribution in [-0.2, 0) is 7.05 Å². The monoisotopic (exact) mass is 551 g/mol. The van der Waals surface area contributed by atoms with Crippen LogP contribution in [0.2, 0.25) is 0 Å². The minimum absolute atomic E-state index is 0. The van der Waals surface area contributed by atoms with Gasteiger partial charge in [0.25, 0.3) is 0 Å². The Morgan fingerprint density at radius 3 is 2.75 bits per heavy atom. The summed E-state index contributed by atoms with van der Waals surface area (Å²) in [6, 6.07) is 8.62. The van der Waals surface area contributed by atoms with Gasteiger partial charge in [-0.1, -0.05) is 12.1 Å². The third kappa shape index (κ3) is 6.94. The molecule has 0 unspecified atom stereocenters. The Hall–Kier alpha value is -2.63. The lowest BCUT2D eigenvalue weighted by Crippen LogP contribution is -2.42. The van der Waals surface area contributed by atoms with E-state index in [0.29, 0.717) is 13.1 Å². The minimum atomic E-state index is 0. The lowest BCUT2D eigenvalue weighted by Gasteiger charge is -2.24. The smallest absolute Gasteiger partial charge is 0.191 e. The molecule has 0 saturated heterocycles. The number of aromatic nitrogens is 4. The lowest BCUT2D eigenvalue weighted by molar-refractivity contribution is 0.752. The van der Waals surface area contributed by atoms with Crippen LogP contribution in [0, 0.1) is 6.92 Å². The predicted octanol–water partition coefficient (Wildman–Crippen LogP) is 2.78. The molecule has 3 aromatic rings. The number of rotatable bonds is 10. The van der Waals surface area contributed by atoms with E-state index in [1.54, 1.807) is 17.2 Å². The molecule has 0 aliphatic carbocycles. The number of aryl methyl sites for hydroxylation is 2. The van der Waals surface area contributed by atoms with Crippen LogP contribution in [0.15, 0.2) is 41.8 Å². The number of hydrogen-bond donors (Lipinski definition) is 3. The lowest BCUT2D eigenvalue weighted by atomic mass is 10.2. The zero-order valence-electron chi connectivity index (χ0n) is 19.3. The summed E-state index contributed by atoms with van der Waals surface area (Å²) in [7, 11) is 1.87.